The van der Waals surface area contributed by atoms with E-state index in [0.717, 1.165) is 25.7 Å². The third kappa shape index (κ3) is 3.44. The number of amides is 1. The zero-order valence-electron chi connectivity index (χ0n) is 11.2. The minimum absolute atomic E-state index is 0.269. The van der Waals surface area contributed by atoms with Gasteiger partial charge in [-0.05, 0) is 31.6 Å². The summed E-state index contributed by atoms with van der Waals surface area (Å²) in [5.74, 6) is 0.832. The summed E-state index contributed by atoms with van der Waals surface area (Å²) in [7, 11) is 0. The van der Waals surface area contributed by atoms with Crippen LogP contribution in [0.3, 0.4) is 0 Å². The van der Waals surface area contributed by atoms with E-state index in [1.165, 1.54) is 12.8 Å². The summed E-state index contributed by atoms with van der Waals surface area (Å²) in [6, 6.07) is 1.75. The molecule has 0 saturated carbocycles. The second-order valence-electron chi connectivity index (χ2n) is 5.76. The average molecular weight is 238 g/mol. The van der Waals surface area contributed by atoms with E-state index in [-0.39, 0.29) is 5.91 Å². The van der Waals surface area contributed by atoms with Crippen LogP contribution in [0.5, 0.6) is 0 Å². The Hall–Kier alpha value is -0.570. The lowest BCUT2D eigenvalue weighted by Crippen LogP contribution is -2.48. The van der Waals surface area contributed by atoms with Crippen LogP contribution in [0.25, 0.3) is 0 Å². The van der Waals surface area contributed by atoms with Crippen LogP contribution in [0.15, 0.2) is 0 Å². The fourth-order valence-electron chi connectivity index (χ4n) is 3.30. The fourth-order valence-corrected chi connectivity index (χ4v) is 3.30. The first-order valence-electron chi connectivity index (χ1n) is 7.26. The highest BCUT2D eigenvalue weighted by molar-refractivity contribution is 5.76. The Morgan fingerprint density at radius 3 is 2.35 bits per heavy atom. The summed E-state index contributed by atoms with van der Waals surface area (Å²) in [6.07, 6.45) is 7.79. The molecule has 2 fully saturated rings. The van der Waals surface area contributed by atoms with E-state index in [0.29, 0.717) is 30.5 Å². The van der Waals surface area contributed by atoms with Gasteiger partial charge in [0.05, 0.1) is 0 Å². The van der Waals surface area contributed by atoms with Crippen molar-refractivity contribution in [2.24, 2.45) is 5.92 Å². The molecule has 2 aliphatic rings. The molecule has 2 rings (SSSR count). The molecule has 0 aromatic rings. The number of rotatable bonds is 5. The van der Waals surface area contributed by atoms with E-state index >= 15 is 0 Å². The lowest BCUT2D eigenvalue weighted by molar-refractivity contribution is -0.123. The van der Waals surface area contributed by atoms with Crippen molar-refractivity contribution in [1.82, 2.24) is 10.6 Å². The van der Waals surface area contributed by atoms with E-state index in [4.69, 9.17) is 0 Å². The average Bonchev–Trinajstić information content (AvgIpc) is 2.65. The highest BCUT2D eigenvalue weighted by atomic mass is 16.1. The first-order chi connectivity index (χ1) is 8.21. The van der Waals surface area contributed by atoms with Gasteiger partial charge in [-0.25, -0.2) is 0 Å². The molecule has 0 aromatic heterocycles. The van der Waals surface area contributed by atoms with Crippen molar-refractivity contribution in [2.75, 3.05) is 0 Å². The minimum Gasteiger partial charge on any atom is -0.353 e. The zero-order valence-corrected chi connectivity index (χ0v) is 11.2. The molecule has 2 atom stereocenters. The van der Waals surface area contributed by atoms with Crippen molar-refractivity contribution in [3.8, 4) is 0 Å². The quantitative estimate of drug-likeness (QED) is 0.771. The topological polar surface area (TPSA) is 41.1 Å². The predicted molar refractivity (Wildman–Crippen MR) is 69.8 cm³/mol. The Balaban J connectivity index is 1.75. The van der Waals surface area contributed by atoms with Crippen molar-refractivity contribution < 1.29 is 4.79 Å². The molecule has 0 aliphatic carbocycles. The molecular formula is C14H26N2O. The normalized spacial score (nSPS) is 31.8. The SMILES string of the molecule is CCC(CC)CC(=O)NC1CC2CCC(C1)N2. The fraction of sp³-hybridized carbons (Fsp3) is 0.929. The summed E-state index contributed by atoms with van der Waals surface area (Å²) >= 11 is 0. The van der Waals surface area contributed by atoms with E-state index in [9.17, 15) is 4.79 Å². The third-order valence-corrected chi connectivity index (χ3v) is 4.47. The van der Waals surface area contributed by atoms with Crippen molar-refractivity contribution in [1.29, 1.82) is 0 Å². The number of hydrogen-bond donors (Lipinski definition) is 2. The number of piperidine rings is 1. The summed E-state index contributed by atoms with van der Waals surface area (Å²) in [5, 5.41) is 6.85. The summed E-state index contributed by atoms with van der Waals surface area (Å²) in [5.41, 5.74) is 0. The maximum atomic E-state index is 11.9. The van der Waals surface area contributed by atoms with Gasteiger partial charge >= 0.3 is 0 Å². The van der Waals surface area contributed by atoms with Gasteiger partial charge < -0.3 is 10.6 Å². The molecule has 0 aromatic carbocycles. The monoisotopic (exact) mass is 238 g/mol. The molecule has 2 heterocycles. The molecular weight excluding hydrogens is 212 g/mol. The van der Waals surface area contributed by atoms with Crippen LogP contribution >= 0.6 is 0 Å². The Morgan fingerprint density at radius 2 is 1.82 bits per heavy atom. The molecule has 17 heavy (non-hydrogen) atoms. The largest absolute Gasteiger partial charge is 0.353 e. The molecule has 0 radical (unpaired) electrons. The van der Waals surface area contributed by atoms with Gasteiger partial charge in [-0.3, -0.25) is 4.79 Å². The first kappa shape index (κ1) is 12.9. The molecule has 2 N–H and O–H groups in total. The van der Waals surface area contributed by atoms with Gasteiger partial charge in [0.25, 0.3) is 0 Å². The Labute approximate surface area is 105 Å². The first-order valence-corrected chi connectivity index (χ1v) is 7.26. The lowest BCUT2D eigenvalue weighted by Gasteiger charge is -2.30. The second-order valence-corrected chi connectivity index (χ2v) is 5.76. The van der Waals surface area contributed by atoms with Crippen molar-refractivity contribution >= 4 is 5.91 Å². The summed E-state index contributed by atoms with van der Waals surface area (Å²) in [6.45, 7) is 4.35. The van der Waals surface area contributed by atoms with Crippen LogP contribution < -0.4 is 10.6 Å². The zero-order chi connectivity index (χ0) is 12.3. The number of carbonyl (C=O) groups is 1. The van der Waals surface area contributed by atoms with Crippen LogP contribution in [0.2, 0.25) is 0 Å². The smallest absolute Gasteiger partial charge is 0.220 e. The molecule has 0 spiro atoms. The molecule has 2 aliphatic heterocycles. The Kier molecular flexibility index (Phi) is 4.43. The Morgan fingerprint density at radius 1 is 1.24 bits per heavy atom. The minimum atomic E-state index is 0.269. The van der Waals surface area contributed by atoms with Crippen molar-refractivity contribution in [3.63, 3.8) is 0 Å². The number of nitrogens with one attached hydrogen (secondary N) is 2. The van der Waals surface area contributed by atoms with Crippen LogP contribution in [-0.4, -0.2) is 24.0 Å². The van der Waals surface area contributed by atoms with Crippen molar-refractivity contribution in [3.05, 3.63) is 0 Å². The molecule has 2 bridgehead atoms. The van der Waals surface area contributed by atoms with Crippen LogP contribution in [0.1, 0.15) is 58.8 Å². The number of fused-ring (bicyclic) bond motifs is 2. The van der Waals surface area contributed by atoms with Crippen molar-refractivity contribution in [2.45, 2.75) is 76.9 Å². The van der Waals surface area contributed by atoms with Gasteiger partial charge in [-0.2, -0.15) is 0 Å². The molecule has 3 nitrogen and oxygen atoms in total. The number of hydrogen-bond acceptors (Lipinski definition) is 2. The molecule has 2 saturated heterocycles. The standard InChI is InChI=1S/C14H26N2O/c1-3-10(4-2)7-14(17)16-13-8-11-5-6-12(9-13)15-11/h10-13,15H,3-9H2,1-2H3,(H,16,17). The van der Waals surface area contributed by atoms with Gasteiger partial charge in [0.15, 0.2) is 0 Å². The van der Waals surface area contributed by atoms with Gasteiger partial charge in [0.2, 0.25) is 5.91 Å². The highest BCUT2D eigenvalue weighted by Gasteiger charge is 2.33. The summed E-state index contributed by atoms with van der Waals surface area (Å²) < 4.78 is 0. The molecule has 2 unspecified atom stereocenters. The van der Waals surface area contributed by atoms with E-state index in [1.807, 2.05) is 0 Å². The predicted octanol–water partition coefficient (Wildman–Crippen LogP) is 2.21. The van der Waals surface area contributed by atoms with Gasteiger partial charge in [0.1, 0.15) is 0 Å². The third-order valence-electron chi connectivity index (χ3n) is 4.47. The van der Waals surface area contributed by atoms with E-state index in [2.05, 4.69) is 24.5 Å². The van der Waals surface area contributed by atoms with Gasteiger partial charge in [-0.15, -0.1) is 0 Å². The molecule has 98 valence electrons. The van der Waals surface area contributed by atoms with Crippen LogP contribution in [-0.2, 0) is 4.79 Å². The lowest BCUT2D eigenvalue weighted by atomic mass is 9.97. The maximum absolute atomic E-state index is 11.9. The van der Waals surface area contributed by atoms with Gasteiger partial charge in [-0.1, -0.05) is 26.7 Å². The maximum Gasteiger partial charge on any atom is 0.220 e. The second kappa shape index (κ2) is 5.85. The summed E-state index contributed by atoms with van der Waals surface area (Å²) in [4.78, 5) is 11.9. The van der Waals surface area contributed by atoms with E-state index < -0.39 is 0 Å². The van der Waals surface area contributed by atoms with Gasteiger partial charge in [0, 0.05) is 24.5 Å². The van der Waals surface area contributed by atoms with Crippen LogP contribution in [0.4, 0.5) is 0 Å². The highest BCUT2D eigenvalue weighted by Crippen LogP contribution is 2.27. The Bertz CT molecular complexity index is 251. The van der Waals surface area contributed by atoms with E-state index in [1.54, 1.807) is 0 Å². The number of carbonyl (C=O) groups excluding carboxylic acids is 1. The van der Waals surface area contributed by atoms with Crippen LogP contribution in [0, 0.1) is 5.92 Å². The molecule has 1 amide bonds. The molecule has 3 heteroatoms.